The summed E-state index contributed by atoms with van der Waals surface area (Å²) in [5, 5.41) is 0. The Hall–Kier alpha value is -3.52. The molecule has 0 amide bonds. The SMILES string of the molecule is CCOC(=O)C1CCN(c2cccc(-c3cc(F)cc(F)c3OCc3ccc(C4CCN(C5CC5)CC4)cc3C)n2)CC1. The Morgan fingerprint density at radius 2 is 1.72 bits per heavy atom. The molecular formula is C35H41F2N3O3. The lowest BCUT2D eigenvalue weighted by Gasteiger charge is -2.32. The smallest absolute Gasteiger partial charge is 0.309 e. The first-order valence-electron chi connectivity index (χ1n) is 15.7. The van der Waals surface area contributed by atoms with E-state index in [1.807, 2.05) is 19.1 Å². The second kappa shape index (κ2) is 13.0. The van der Waals surface area contributed by atoms with Crippen molar-refractivity contribution in [1.82, 2.24) is 9.88 Å². The van der Waals surface area contributed by atoms with Crippen molar-refractivity contribution in [3.8, 4) is 17.0 Å². The quantitative estimate of drug-likeness (QED) is 0.250. The third-order valence-electron chi connectivity index (χ3n) is 9.26. The number of halogens is 2. The number of ether oxygens (including phenoxy) is 2. The molecule has 3 aromatic rings. The standard InChI is InChI=1S/C35H41F2N3O3/c1-3-42-35(41)25-13-17-40(18-14-25)33-6-4-5-32(38-33)30-20-28(36)21-31(37)34(30)43-22-27-8-7-26(19-23(27)2)24-11-15-39(16-12-24)29-9-10-29/h4-8,19-21,24-25,29H,3,9-18,22H2,1-2H3. The highest BCUT2D eigenvalue weighted by molar-refractivity contribution is 5.73. The molecule has 1 saturated carbocycles. The Morgan fingerprint density at radius 1 is 0.953 bits per heavy atom. The zero-order valence-corrected chi connectivity index (χ0v) is 25.2. The number of rotatable bonds is 9. The second-order valence-electron chi connectivity index (χ2n) is 12.2. The number of carbonyl (C=O) groups is 1. The largest absolute Gasteiger partial charge is 0.485 e. The van der Waals surface area contributed by atoms with Gasteiger partial charge in [-0.2, -0.15) is 0 Å². The number of esters is 1. The van der Waals surface area contributed by atoms with Crippen LogP contribution in [0.1, 0.15) is 68.1 Å². The van der Waals surface area contributed by atoms with Crippen molar-refractivity contribution in [2.75, 3.05) is 37.7 Å². The molecule has 0 bridgehead atoms. The topological polar surface area (TPSA) is 54.9 Å². The number of aromatic nitrogens is 1. The van der Waals surface area contributed by atoms with Crippen LogP contribution in [0.2, 0.25) is 0 Å². The Labute approximate surface area is 253 Å². The summed E-state index contributed by atoms with van der Waals surface area (Å²) in [7, 11) is 0. The molecule has 6 rings (SSSR count). The number of anilines is 1. The van der Waals surface area contributed by atoms with E-state index in [1.54, 1.807) is 6.07 Å². The fourth-order valence-electron chi connectivity index (χ4n) is 6.57. The monoisotopic (exact) mass is 589 g/mol. The molecule has 3 heterocycles. The Kier molecular flexibility index (Phi) is 8.93. The number of likely N-dealkylation sites (tertiary alicyclic amines) is 1. The van der Waals surface area contributed by atoms with E-state index in [0.29, 0.717) is 50.0 Å². The molecule has 3 fully saturated rings. The van der Waals surface area contributed by atoms with Gasteiger partial charge in [0.2, 0.25) is 0 Å². The van der Waals surface area contributed by atoms with E-state index in [9.17, 15) is 9.18 Å². The van der Waals surface area contributed by atoms with E-state index in [-0.39, 0.29) is 29.8 Å². The van der Waals surface area contributed by atoms with E-state index in [0.717, 1.165) is 23.2 Å². The van der Waals surface area contributed by atoms with Gasteiger partial charge in [0, 0.05) is 30.8 Å². The number of aryl methyl sites for hydroxylation is 1. The van der Waals surface area contributed by atoms with Crippen molar-refractivity contribution >= 4 is 11.8 Å². The van der Waals surface area contributed by atoms with Crippen molar-refractivity contribution in [2.45, 2.75) is 70.9 Å². The lowest BCUT2D eigenvalue weighted by molar-refractivity contribution is -0.148. The summed E-state index contributed by atoms with van der Waals surface area (Å²) >= 11 is 0. The normalized spacial score (nSPS) is 18.6. The highest BCUT2D eigenvalue weighted by Crippen LogP contribution is 2.37. The third-order valence-corrected chi connectivity index (χ3v) is 9.26. The summed E-state index contributed by atoms with van der Waals surface area (Å²) in [6, 6.07) is 14.9. The van der Waals surface area contributed by atoms with E-state index in [2.05, 4.69) is 34.9 Å². The minimum atomic E-state index is -0.755. The predicted molar refractivity (Wildman–Crippen MR) is 163 cm³/mol. The van der Waals surface area contributed by atoms with E-state index in [1.165, 1.54) is 50.4 Å². The van der Waals surface area contributed by atoms with Gasteiger partial charge in [0.15, 0.2) is 11.6 Å². The van der Waals surface area contributed by atoms with Crippen molar-refractivity contribution in [2.24, 2.45) is 5.92 Å². The van der Waals surface area contributed by atoms with Crippen molar-refractivity contribution in [3.05, 3.63) is 76.9 Å². The average molecular weight is 590 g/mol. The summed E-state index contributed by atoms with van der Waals surface area (Å²) in [6.07, 6.45) is 6.43. The molecule has 0 unspecified atom stereocenters. The molecule has 2 saturated heterocycles. The number of nitrogens with zero attached hydrogens (tertiary/aromatic N) is 3. The van der Waals surface area contributed by atoms with Gasteiger partial charge in [0.1, 0.15) is 18.2 Å². The molecule has 3 aliphatic rings. The van der Waals surface area contributed by atoms with Crippen LogP contribution in [0.3, 0.4) is 0 Å². The van der Waals surface area contributed by atoms with Crippen LogP contribution in [0.25, 0.3) is 11.3 Å². The molecule has 2 aromatic carbocycles. The molecule has 43 heavy (non-hydrogen) atoms. The Bertz CT molecular complexity index is 1440. The molecule has 0 atom stereocenters. The summed E-state index contributed by atoms with van der Waals surface area (Å²) in [5.41, 5.74) is 4.15. The number of hydrogen-bond acceptors (Lipinski definition) is 6. The number of hydrogen-bond donors (Lipinski definition) is 0. The first kappa shape index (κ1) is 29.5. The predicted octanol–water partition coefficient (Wildman–Crippen LogP) is 7.04. The van der Waals surface area contributed by atoms with E-state index >= 15 is 4.39 Å². The molecule has 0 radical (unpaired) electrons. The minimum absolute atomic E-state index is 0.0111. The highest BCUT2D eigenvalue weighted by Gasteiger charge is 2.32. The summed E-state index contributed by atoms with van der Waals surface area (Å²) < 4.78 is 40.9. The van der Waals surface area contributed by atoms with E-state index in [4.69, 9.17) is 14.5 Å². The first-order chi connectivity index (χ1) is 20.9. The van der Waals surface area contributed by atoms with Gasteiger partial charge < -0.3 is 19.3 Å². The van der Waals surface area contributed by atoms with Crippen molar-refractivity contribution < 1.29 is 23.0 Å². The van der Waals surface area contributed by atoms with E-state index < -0.39 is 11.6 Å². The lowest BCUT2D eigenvalue weighted by Crippen LogP contribution is -2.37. The zero-order chi connectivity index (χ0) is 29.9. The maximum Gasteiger partial charge on any atom is 0.309 e. The fraction of sp³-hybridized carbons (Fsp3) is 0.486. The number of piperidine rings is 2. The fourth-order valence-corrected chi connectivity index (χ4v) is 6.57. The molecule has 2 aliphatic heterocycles. The summed E-state index contributed by atoms with van der Waals surface area (Å²) in [5.74, 6) is -0.453. The maximum atomic E-state index is 15.2. The van der Waals surface area contributed by atoms with Crippen LogP contribution in [-0.2, 0) is 16.1 Å². The molecule has 6 nitrogen and oxygen atoms in total. The molecule has 0 spiro atoms. The average Bonchev–Trinajstić information content (AvgIpc) is 3.87. The van der Waals surface area contributed by atoms with Gasteiger partial charge in [0.25, 0.3) is 0 Å². The molecule has 1 aromatic heterocycles. The first-order valence-corrected chi connectivity index (χ1v) is 15.7. The zero-order valence-electron chi connectivity index (χ0n) is 25.2. The van der Waals surface area contributed by atoms with Gasteiger partial charge in [-0.1, -0.05) is 24.3 Å². The van der Waals surface area contributed by atoms with Gasteiger partial charge in [-0.3, -0.25) is 4.79 Å². The Morgan fingerprint density at radius 3 is 2.42 bits per heavy atom. The van der Waals surface area contributed by atoms with Gasteiger partial charge >= 0.3 is 5.97 Å². The van der Waals surface area contributed by atoms with Crippen LogP contribution < -0.4 is 9.64 Å². The highest BCUT2D eigenvalue weighted by atomic mass is 19.1. The molecule has 8 heteroatoms. The van der Waals surface area contributed by atoms with Crippen LogP contribution in [-0.4, -0.2) is 54.7 Å². The number of pyridine rings is 1. The summed E-state index contributed by atoms with van der Waals surface area (Å²) in [6.45, 7) is 8.07. The lowest BCUT2D eigenvalue weighted by atomic mass is 9.88. The van der Waals surface area contributed by atoms with Crippen molar-refractivity contribution in [3.63, 3.8) is 0 Å². The second-order valence-corrected chi connectivity index (χ2v) is 12.2. The minimum Gasteiger partial charge on any atom is -0.485 e. The molecular weight excluding hydrogens is 548 g/mol. The molecule has 1 aliphatic carbocycles. The number of carbonyl (C=O) groups excluding carboxylic acids is 1. The Balaban J connectivity index is 1.15. The van der Waals surface area contributed by atoms with Crippen LogP contribution in [0.5, 0.6) is 5.75 Å². The van der Waals surface area contributed by atoms with Gasteiger partial charge in [0.05, 0.1) is 18.2 Å². The molecule has 228 valence electrons. The van der Waals surface area contributed by atoms with Crippen LogP contribution in [0, 0.1) is 24.5 Å². The maximum absolute atomic E-state index is 15.2. The summed E-state index contributed by atoms with van der Waals surface area (Å²) in [4.78, 5) is 21.6. The van der Waals surface area contributed by atoms with Gasteiger partial charge in [-0.15, -0.1) is 0 Å². The van der Waals surface area contributed by atoms with Crippen LogP contribution in [0.15, 0.2) is 48.5 Å². The van der Waals surface area contributed by atoms with Crippen LogP contribution in [0.4, 0.5) is 14.6 Å². The van der Waals surface area contributed by atoms with Crippen LogP contribution >= 0.6 is 0 Å². The molecule has 0 N–H and O–H groups in total. The van der Waals surface area contributed by atoms with Gasteiger partial charge in [-0.05, 0) is 106 Å². The van der Waals surface area contributed by atoms with Crippen molar-refractivity contribution in [1.29, 1.82) is 0 Å². The third kappa shape index (κ3) is 6.85. The van der Waals surface area contributed by atoms with Gasteiger partial charge in [-0.25, -0.2) is 13.8 Å². The number of benzene rings is 2.